The molecule has 21 heavy (non-hydrogen) atoms. The summed E-state index contributed by atoms with van der Waals surface area (Å²) in [6.07, 6.45) is 0. The SMILES string of the molecule is CCOC(=O)CSC(C)C(=O)Nc1cc(N)ccc1OC. The quantitative estimate of drug-likeness (QED) is 0.590. The van der Waals surface area contributed by atoms with Gasteiger partial charge in [-0.1, -0.05) is 0 Å². The highest BCUT2D eigenvalue weighted by molar-refractivity contribution is 8.01. The fraction of sp³-hybridized carbons (Fsp3) is 0.429. The second-order valence-electron chi connectivity index (χ2n) is 4.21. The summed E-state index contributed by atoms with van der Waals surface area (Å²) in [5.74, 6) is 0.105. The van der Waals surface area contributed by atoms with E-state index in [4.69, 9.17) is 15.2 Å². The normalized spacial score (nSPS) is 11.6. The third-order valence-electron chi connectivity index (χ3n) is 2.61. The molecule has 0 spiro atoms. The molecule has 1 atom stereocenters. The minimum atomic E-state index is -0.402. The molecule has 1 unspecified atom stereocenters. The van der Waals surface area contributed by atoms with Crippen molar-refractivity contribution in [2.45, 2.75) is 19.1 Å². The topological polar surface area (TPSA) is 90.7 Å². The van der Waals surface area contributed by atoms with E-state index >= 15 is 0 Å². The van der Waals surface area contributed by atoms with Crippen LogP contribution in [0.25, 0.3) is 0 Å². The Balaban J connectivity index is 2.60. The van der Waals surface area contributed by atoms with Crippen LogP contribution in [-0.2, 0) is 14.3 Å². The standard InChI is InChI=1S/C14H20N2O4S/c1-4-20-13(17)8-21-9(2)14(18)16-11-7-10(15)5-6-12(11)19-3/h5-7,9H,4,8,15H2,1-3H3,(H,16,18). The minimum Gasteiger partial charge on any atom is -0.495 e. The van der Waals surface area contributed by atoms with Gasteiger partial charge in [0, 0.05) is 5.69 Å². The van der Waals surface area contributed by atoms with Crippen LogP contribution >= 0.6 is 11.8 Å². The number of rotatable bonds is 7. The first-order valence-electron chi connectivity index (χ1n) is 6.49. The molecule has 0 aromatic heterocycles. The van der Waals surface area contributed by atoms with Gasteiger partial charge in [-0.25, -0.2) is 0 Å². The van der Waals surface area contributed by atoms with Gasteiger partial charge in [0.25, 0.3) is 0 Å². The van der Waals surface area contributed by atoms with Crippen molar-refractivity contribution in [1.29, 1.82) is 0 Å². The third kappa shape index (κ3) is 5.55. The van der Waals surface area contributed by atoms with Crippen molar-refractivity contribution in [2.24, 2.45) is 0 Å². The molecule has 1 aromatic carbocycles. The molecule has 0 fully saturated rings. The van der Waals surface area contributed by atoms with Crippen LogP contribution in [0.1, 0.15) is 13.8 Å². The molecule has 0 heterocycles. The molecule has 0 saturated heterocycles. The first-order chi connectivity index (χ1) is 9.97. The van der Waals surface area contributed by atoms with E-state index in [1.54, 1.807) is 32.0 Å². The van der Waals surface area contributed by atoms with Crippen LogP contribution in [0.15, 0.2) is 18.2 Å². The number of anilines is 2. The lowest BCUT2D eigenvalue weighted by Gasteiger charge is -2.14. The Labute approximate surface area is 128 Å². The number of thioether (sulfide) groups is 1. The van der Waals surface area contributed by atoms with E-state index in [9.17, 15) is 9.59 Å². The molecule has 0 radical (unpaired) electrons. The summed E-state index contributed by atoms with van der Waals surface area (Å²) < 4.78 is 9.97. The number of carbonyl (C=O) groups is 2. The van der Waals surface area contributed by atoms with Crippen LogP contribution in [-0.4, -0.2) is 36.6 Å². The molecule has 0 bridgehead atoms. The Morgan fingerprint density at radius 3 is 2.76 bits per heavy atom. The van der Waals surface area contributed by atoms with E-state index in [1.807, 2.05) is 0 Å². The maximum Gasteiger partial charge on any atom is 0.315 e. The number of nitrogens with two attached hydrogens (primary N) is 1. The maximum absolute atomic E-state index is 12.1. The lowest BCUT2D eigenvalue weighted by Crippen LogP contribution is -2.24. The zero-order valence-corrected chi connectivity index (χ0v) is 13.2. The first kappa shape index (κ1) is 17.2. The minimum absolute atomic E-state index is 0.135. The maximum atomic E-state index is 12.1. The Kier molecular flexibility index (Phi) is 6.87. The predicted molar refractivity (Wildman–Crippen MR) is 84.6 cm³/mol. The number of ether oxygens (including phenoxy) is 2. The van der Waals surface area contributed by atoms with Crippen LogP contribution in [0, 0.1) is 0 Å². The Morgan fingerprint density at radius 1 is 1.43 bits per heavy atom. The zero-order chi connectivity index (χ0) is 15.8. The zero-order valence-electron chi connectivity index (χ0n) is 12.3. The fourth-order valence-electron chi connectivity index (χ4n) is 1.53. The number of nitrogens with one attached hydrogen (secondary N) is 1. The van der Waals surface area contributed by atoms with E-state index in [2.05, 4.69) is 5.32 Å². The predicted octanol–water partition coefficient (Wildman–Crippen LogP) is 1.90. The van der Waals surface area contributed by atoms with Gasteiger partial charge in [-0.15, -0.1) is 11.8 Å². The van der Waals surface area contributed by atoms with Crippen molar-refractivity contribution in [2.75, 3.05) is 30.5 Å². The number of hydrogen-bond donors (Lipinski definition) is 2. The molecule has 1 rings (SSSR count). The summed E-state index contributed by atoms with van der Waals surface area (Å²) in [6.45, 7) is 3.79. The van der Waals surface area contributed by atoms with E-state index in [1.165, 1.54) is 18.9 Å². The highest BCUT2D eigenvalue weighted by Gasteiger charge is 2.17. The van der Waals surface area contributed by atoms with Crippen molar-refractivity contribution < 1.29 is 19.1 Å². The highest BCUT2D eigenvalue weighted by atomic mass is 32.2. The number of esters is 1. The summed E-state index contributed by atoms with van der Waals surface area (Å²) in [4.78, 5) is 23.3. The van der Waals surface area contributed by atoms with Crippen molar-refractivity contribution in [3.63, 3.8) is 0 Å². The van der Waals surface area contributed by atoms with Gasteiger partial charge in [0.15, 0.2) is 0 Å². The van der Waals surface area contributed by atoms with Crippen LogP contribution in [0.5, 0.6) is 5.75 Å². The summed E-state index contributed by atoms with van der Waals surface area (Å²) in [5, 5.41) is 2.34. The van der Waals surface area contributed by atoms with Gasteiger partial charge < -0.3 is 20.5 Å². The average molecular weight is 312 g/mol. The molecule has 7 heteroatoms. The fourth-order valence-corrected chi connectivity index (χ4v) is 2.21. The lowest BCUT2D eigenvalue weighted by atomic mass is 10.2. The Bertz CT molecular complexity index is 508. The summed E-state index contributed by atoms with van der Waals surface area (Å²) in [7, 11) is 1.51. The van der Waals surface area contributed by atoms with E-state index < -0.39 is 5.25 Å². The average Bonchev–Trinajstić information content (AvgIpc) is 2.45. The van der Waals surface area contributed by atoms with E-state index in [-0.39, 0.29) is 17.6 Å². The molecular formula is C14H20N2O4S. The summed E-state index contributed by atoms with van der Waals surface area (Å²) >= 11 is 1.21. The lowest BCUT2D eigenvalue weighted by molar-refractivity contribution is -0.139. The second kappa shape index (κ2) is 8.41. The van der Waals surface area contributed by atoms with Gasteiger partial charge in [-0.2, -0.15) is 0 Å². The van der Waals surface area contributed by atoms with Gasteiger partial charge in [0.2, 0.25) is 5.91 Å². The second-order valence-corrected chi connectivity index (χ2v) is 5.54. The largest absolute Gasteiger partial charge is 0.495 e. The van der Waals surface area contributed by atoms with Gasteiger partial charge in [0.05, 0.1) is 30.4 Å². The van der Waals surface area contributed by atoms with Gasteiger partial charge in [-0.05, 0) is 32.0 Å². The molecule has 1 amide bonds. The molecule has 3 N–H and O–H groups in total. The molecular weight excluding hydrogens is 292 g/mol. The van der Waals surface area contributed by atoms with Crippen molar-refractivity contribution in [1.82, 2.24) is 0 Å². The molecule has 0 aliphatic heterocycles. The van der Waals surface area contributed by atoms with Crippen LogP contribution < -0.4 is 15.8 Å². The molecule has 6 nitrogen and oxygen atoms in total. The van der Waals surface area contributed by atoms with Crippen molar-refractivity contribution in [3.05, 3.63) is 18.2 Å². The van der Waals surface area contributed by atoms with Crippen molar-refractivity contribution in [3.8, 4) is 5.75 Å². The monoisotopic (exact) mass is 312 g/mol. The van der Waals surface area contributed by atoms with Crippen LogP contribution in [0.4, 0.5) is 11.4 Å². The molecule has 1 aromatic rings. The van der Waals surface area contributed by atoms with Crippen molar-refractivity contribution >= 4 is 35.0 Å². The molecule has 116 valence electrons. The number of benzene rings is 1. The molecule has 0 aliphatic rings. The third-order valence-corrected chi connectivity index (χ3v) is 3.72. The van der Waals surface area contributed by atoms with Crippen LogP contribution in [0.2, 0.25) is 0 Å². The number of carbonyl (C=O) groups excluding carboxylic acids is 2. The highest BCUT2D eigenvalue weighted by Crippen LogP contribution is 2.27. The number of amides is 1. The van der Waals surface area contributed by atoms with Gasteiger partial charge in [-0.3, -0.25) is 9.59 Å². The summed E-state index contributed by atoms with van der Waals surface area (Å²) in [5.41, 5.74) is 6.72. The molecule has 0 saturated carbocycles. The Morgan fingerprint density at radius 2 is 2.14 bits per heavy atom. The number of nitrogen functional groups attached to an aromatic ring is 1. The van der Waals surface area contributed by atoms with Crippen LogP contribution in [0.3, 0.4) is 0 Å². The van der Waals surface area contributed by atoms with E-state index in [0.717, 1.165) is 0 Å². The van der Waals surface area contributed by atoms with Gasteiger partial charge in [0.1, 0.15) is 5.75 Å². The first-order valence-corrected chi connectivity index (χ1v) is 7.54. The van der Waals surface area contributed by atoms with E-state index in [0.29, 0.717) is 23.7 Å². The molecule has 0 aliphatic carbocycles. The Hall–Kier alpha value is -1.89. The summed E-state index contributed by atoms with van der Waals surface area (Å²) in [6, 6.07) is 4.99. The smallest absolute Gasteiger partial charge is 0.315 e. The number of methoxy groups -OCH3 is 1. The van der Waals surface area contributed by atoms with Gasteiger partial charge >= 0.3 is 5.97 Å². The number of hydrogen-bond acceptors (Lipinski definition) is 6.